The van der Waals surface area contributed by atoms with Crippen LogP contribution < -0.4 is 5.32 Å². The normalized spacial score (nSPS) is 29.1. The molecule has 1 aromatic rings. The van der Waals surface area contributed by atoms with Gasteiger partial charge in [-0.2, -0.15) is 5.10 Å². The van der Waals surface area contributed by atoms with Crippen LogP contribution in [0.4, 0.5) is 0 Å². The van der Waals surface area contributed by atoms with Gasteiger partial charge in [0.15, 0.2) is 9.84 Å². The van der Waals surface area contributed by atoms with Gasteiger partial charge in [-0.3, -0.25) is 4.68 Å². The minimum absolute atomic E-state index is 0.0315. The first-order chi connectivity index (χ1) is 9.46. The summed E-state index contributed by atoms with van der Waals surface area (Å²) in [5.41, 5.74) is 3.51. The van der Waals surface area contributed by atoms with Crippen molar-refractivity contribution in [2.45, 2.75) is 51.6 Å². The van der Waals surface area contributed by atoms with E-state index in [0.717, 1.165) is 24.4 Å². The van der Waals surface area contributed by atoms with E-state index in [1.807, 2.05) is 11.6 Å². The molecule has 0 aromatic carbocycles. The predicted molar refractivity (Wildman–Crippen MR) is 78.7 cm³/mol. The number of nitrogens with one attached hydrogen (secondary N) is 1. The first-order valence-corrected chi connectivity index (χ1v) is 9.27. The molecule has 0 bridgehead atoms. The number of aryl methyl sites for hydroxylation is 1. The standard InChI is InChI=1S/C14H23N3O2S/c1-10-14(8-12-4-3-6-15-12)11(2)17(16-10)13-5-7-20(18,19)9-13/h12-13,15H,3-9H2,1-2H3/t12-,13-/m0/s1. The minimum Gasteiger partial charge on any atom is -0.314 e. The molecular weight excluding hydrogens is 274 g/mol. The van der Waals surface area contributed by atoms with Crippen molar-refractivity contribution in [1.29, 1.82) is 0 Å². The Morgan fingerprint density at radius 1 is 1.35 bits per heavy atom. The van der Waals surface area contributed by atoms with Crippen LogP contribution in [0.2, 0.25) is 0 Å². The van der Waals surface area contributed by atoms with Gasteiger partial charge in [0.2, 0.25) is 0 Å². The van der Waals surface area contributed by atoms with E-state index in [1.165, 1.54) is 18.4 Å². The lowest BCUT2D eigenvalue weighted by Crippen LogP contribution is -2.24. The maximum atomic E-state index is 11.6. The van der Waals surface area contributed by atoms with E-state index in [4.69, 9.17) is 0 Å². The van der Waals surface area contributed by atoms with Gasteiger partial charge in [0.25, 0.3) is 0 Å². The van der Waals surface area contributed by atoms with E-state index in [-0.39, 0.29) is 11.8 Å². The van der Waals surface area contributed by atoms with Crippen molar-refractivity contribution in [1.82, 2.24) is 15.1 Å². The molecule has 6 heteroatoms. The van der Waals surface area contributed by atoms with Crippen molar-refractivity contribution in [2.75, 3.05) is 18.1 Å². The first-order valence-electron chi connectivity index (χ1n) is 7.44. The highest BCUT2D eigenvalue weighted by Crippen LogP contribution is 2.27. The van der Waals surface area contributed by atoms with Gasteiger partial charge in [0, 0.05) is 11.7 Å². The fourth-order valence-electron chi connectivity index (χ4n) is 3.49. The Morgan fingerprint density at radius 2 is 2.15 bits per heavy atom. The maximum Gasteiger partial charge on any atom is 0.152 e. The molecule has 0 saturated carbocycles. The van der Waals surface area contributed by atoms with Crippen molar-refractivity contribution in [3.8, 4) is 0 Å². The van der Waals surface area contributed by atoms with E-state index in [9.17, 15) is 8.42 Å². The Labute approximate surface area is 120 Å². The number of sulfone groups is 1. The summed E-state index contributed by atoms with van der Waals surface area (Å²) in [6.07, 6.45) is 4.18. The first kappa shape index (κ1) is 14.1. The molecule has 2 fully saturated rings. The fourth-order valence-corrected chi connectivity index (χ4v) is 5.19. The van der Waals surface area contributed by atoms with Crippen LogP contribution in [0.1, 0.15) is 42.3 Å². The van der Waals surface area contributed by atoms with E-state index in [2.05, 4.69) is 17.3 Å². The highest BCUT2D eigenvalue weighted by molar-refractivity contribution is 7.91. The molecule has 3 rings (SSSR count). The van der Waals surface area contributed by atoms with Gasteiger partial charge in [0.1, 0.15) is 0 Å². The predicted octanol–water partition coefficient (Wildman–Crippen LogP) is 1.15. The Bertz CT molecular complexity index is 600. The van der Waals surface area contributed by atoms with Crippen molar-refractivity contribution in [2.24, 2.45) is 0 Å². The summed E-state index contributed by atoms with van der Waals surface area (Å²) in [6.45, 7) is 5.23. The summed E-state index contributed by atoms with van der Waals surface area (Å²) < 4.78 is 25.3. The summed E-state index contributed by atoms with van der Waals surface area (Å²) in [5.74, 6) is 0.547. The van der Waals surface area contributed by atoms with Crippen molar-refractivity contribution in [3.63, 3.8) is 0 Å². The Morgan fingerprint density at radius 3 is 2.75 bits per heavy atom. The number of nitrogens with zero attached hydrogens (tertiary/aromatic N) is 2. The summed E-state index contributed by atoms with van der Waals surface area (Å²) in [4.78, 5) is 0. The monoisotopic (exact) mass is 297 g/mol. The molecule has 2 atom stereocenters. The lowest BCUT2D eigenvalue weighted by molar-refractivity contribution is 0.484. The van der Waals surface area contributed by atoms with E-state index >= 15 is 0 Å². The quantitative estimate of drug-likeness (QED) is 0.909. The lowest BCUT2D eigenvalue weighted by Gasteiger charge is -2.13. The molecule has 0 spiro atoms. The van der Waals surface area contributed by atoms with Gasteiger partial charge in [0.05, 0.1) is 23.2 Å². The smallest absolute Gasteiger partial charge is 0.152 e. The molecule has 2 aliphatic rings. The molecule has 1 aromatic heterocycles. The second kappa shape index (κ2) is 5.15. The van der Waals surface area contributed by atoms with Crippen LogP contribution in [0.15, 0.2) is 0 Å². The van der Waals surface area contributed by atoms with Gasteiger partial charge in [-0.15, -0.1) is 0 Å². The van der Waals surface area contributed by atoms with E-state index < -0.39 is 9.84 Å². The van der Waals surface area contributed by atoms with Crippen LogP contribution in [-0.4, -0.2) is 42.3 Å². The van der Waals surface area contributed by atoms with Crippen molar-refractivity contribution < 1.29 is 8.42 Å². The third-order valence-electron chi connectivity index (χ3n) is 4.64. The van der Waals surface area contributed by atoms with Gasteiger partial charge < -0.3 is 5.32 Å². The number of aromatic nitrogens is 2. The average molecular weight is 297 g/mol. The van der Waals surface area contributed by atoms with Crippen molar-refractivity contribution >= 4 is 9.84 Å². The fraction of sp³-hybridized carbons (Fsp3) is 0.786. The van der Waals surface area contributed by atoms with Crippen LogP contribution in [0, 0.1) is 13.8 Å². The molecule has 3 heterocycles. The van der Waals surface area contributed by atoms with Crippen LogP contribution >= 0.6 is 0 Å². The van der Waals surface area contributed by atoms with Crippen LogP contribution in [-0.2, 0) is 16.3 Å². The molecule has 2 aliphatic heterocycles. The molecule has 2 saturated heterocycles. The second-order valence-electron chi connectivity index (χ2n) is 6.15. The highest BCUT2D eigenvalue weighted by atomic mass is 32.2. The minimum atomic E-state index is -2.86. The summed E-state index contributed by atoms with van der Waals surface area (Å²) in [6, 6.07) is 0.585. The molecule has 1 N–H and O–H groups in total. The van der Waals surface area contributed by atoms with Gasteiger partial charge in [-0.25, -0.2) is 8.42 Å². The number of rotatable bonds is 3. The van der Waals surface area contributed by atoms with Crippen LogP contribution in [0.5, 0.6) is 0 Å². The molecule has 0 unspecified atom stereocenters. The summed E-state index contributed by atoms with van der Waals surface area (Å²) >= 11 is 0. The zero-order chi connectivity index (χ0) is 14.3. The topological polar surface area (TPSA) is 64.0 Å². The Hall–Kier alpha value is -0.880. The Kier molecular flexibility index (Phi) is 3.62. The summed E-state index contributed by atoms with van der Waals surface area (Å²) in [7, 11) is -2.86. The Balaban J connectivity index is 1.83. The average Bonchev–Trinajstić information content (AvgIpc) is 3.06. The van der Waals surface area contributed by atoms with Gasteiger partial charge in [-0.05, 0) is 51.6 Å². The number of hydrogen-bond acceptors (Lipinski definition) is 4. The van der Waals surface area contributed by atoms with Gasteiger partial charge in [-0.1, -0.05) is 0 Å². The van der Waals surface area contributed by atoms with Crippen LogP contribution in [0.3, 0.4) is 0 Å². The molecule has 112 valence electrons. The number of hydrogen-bond donors (Lipinski definition) is 1. The van der Waals surface area contributed by atoms with Gasteiger partial charge >= 0.3 is 0 Å². The molecule has 0 amide bonds. The molecule has 0 radical (unpaired) electrons. The second-order valence-corrected chi connectivity index (χ2v) is 8.38. The molecule has 20 heavy (non-hydrogen) atoms. The molecular formula is C14H23N3O2S. The largest absolute Gasteiger partial charge is 0.314 e. The third-order valence-corrected chi connectivity index (χ3v) is 6.39. The summed E-state index contributed by atoms with van der Waals surface area (Å²) in [5, 5.41) is 8.14. The molecule has 5 nitrogen and oxygen atoms in total. The lowest BCUT2D eigenvalue weighted by atomic mass is 10.0. The van der Waals surface area contributed by atoms with Crippen LogP contribution in [0.25, 0.3) is 0 Å². The SMILES string of the molecule is Cc1nn([C@H]2CCS(=O)(=O)C2)c(C)c1C[C@@H]1CCCN1. The zero-order valence-corrected chi connectivity index (χ0v) is 13.0. The third kappa shape index (κ3) is 2.63. The zero-order valence-electron chi connectivity index (χ0n) is 12.2. The van der Waals surface area contributed by atoms with E-state index in [0.29, 0.717) is 18.2 Å². The molecule has 0 aliphatic carbocycles. The van der Waals surface area contributed by atoms with Crippen molar-refractivity contribution in [3.05, 3.63) is 17.0 Å². The van der Waals surface area contributed by atoms with E-state index in [1.54, 1.807) is 0 Å². The maximum absolute atomic E-state index is 11.6. The highest BCUT2D eigenvalue weighted by Gasteiger charge is 2.31.